The normalized spacial score (nSPS) is 10.1. The number of aryl methyl sites for hydroxylation is 1. The van der Waals surface area contributed by atoms with E-state index in [-0.39, 0.29) is 0 Å². The van der Waals surface area contributed by atoms with Crippen molar-refractivity contribution in [3.63, 3.8) is 0 Å². The SMILES string of the molecule is Cc1cc2c(CN=[N+]=[N-])cccc2o1. The topological polar surface area (TPSA) is 61.9 Å². The molecule has 0 unspecified atom stereocenters. The summed E-state index contributed by atoms with van der Waals surface area (Å²) in [6.07, 6.45) is 0. The van der Waals surface area contributed by atoms with E-state index in [0.29, 0.717) is 6.54 Å². The molecule has 0 amide bonds. The van der Waals surface area contributed by atoms with Crippen LogP contribution < -0.4 is 0 Å². The quantitative estimate of drug-likeness (QED) is 0.402. The van der Waals surface area contributed by atoms with Gasteiger partial charge in [0, 0.05) is 10.3 Å². The standard InChI is InChI=1S/C10H9N3O/c1-7-5-9-8(6-12-13-11)3-2-4-10(9)14-7/h2-5H,6H2,1H3. The van der Waals surface area contributed by atoms with Gasteiger partial charge in [0.25, 0.3) is 0 Å². The molecule has 1 aromatic carbocycles. The first kappa shape index (κ1) is 8.66. The van der Waals surface area contributed by atoms with E-state index >= 15 is 0 Å². The first-order valence-electron chi connectivity index (χ1n) is 4.30. The largest absolute Gasteiger partial charge is 0.461 e. The molecule has 14 heavy (non-hydrogen) atoms. The van der Waals surface area contributed by atoms with E-state index in [1.54, 1.807) is 0 Å². The van der Waals surface area contributed by atoms with Gasteiger partial charge >= 0.3 is 0 Å². The van der Waals surface area contributed by atoms with Crippen LogP contribution in [-0.4, -0.2) is 0 Å². The molecule has 0 aliphatic carbocycles. The Kier molecular flexibility index (Phi) is 2.13. The highest BCUT2D eigenvalue weighted by Crippen LogP contribution is 2.23. The van der Waals surface area contributed by atoms with Gasteiger partial charge in [-0.25, -0.2) is 0 Å². The third-order valence-corrected chi connectivity index (χ3v) is 2.08. The summed E-state index contributed by atoms with van der Waals surface area (Å²) >= 11 is 0. The maximum absolute atomic E-state index is 8.24. The van der Waals surface area contributed by atoms with Gasteiger partial charge in [0.05, 0.1) is 6.54 Å². The first-order valence-corrected chi connectivity index (χ1v) is 4.30. The Morgan fingerprint density at radius 1 is 1.50 bits per heavy atom. The Morgan fingerprint density at radius 2 is 2.36 bits per heavy atom. The van der Waals surface area contributed by atoms with Gasteiger partial charge in [-0.05, 0) is 30.2 Å². The molecule has 0 saturated carbocycles. The Morgan fingerprint density at radius 3 is 3.14 bits per heavy atom. The van der Waals surface area contributed by atoms with Crippen molar-refractivity contribution in [3.8, 4) is 0 Å². The van der Waals surface area contributed by atoms with Gasteiger partial charge in [0.1, 0.15) is 11.3 Å². The van der Waals surface area contributed by atoms with Gasteiger partial charge in [-0.3, -0.25) is 0 Å². The van der Waals surface area contributed by atoms with Gasteiger partial charge < -0.3 is 4.42 Å². The van der Waals surface area contributed by atoms with Crippen LogP contribution in [-0.2, 0) is 6.54 Å². The molecule has 4 nitrogen and oxygen atoms in total. The second-order valence-corrected chi connectivity index (χ2v) is 3.07. The van der Waals surface area contributed by atoms with E-state index in [2.05, 4.69) is 10.0 Å². The summed E-state index contributed by atoms with van der Waals surface area (Å²) in [7, 11) is 0. The number of rotatable bonds is 2. The molecule has 0 atom stereocenters. The lowest BCUT2D eigenvalue weighted by atomic mass is 10.1. The van der Waals surface area contributed by atoms with Gasteiger partial charge in [-0.1, -0.05) is 17.2 Å². The van der Waals surface area contributed by atoms with E-state index < -0.39 is 0 Å². The lowest BCUT2D eigenvalue weighted by molar-refractivity contribution is 0.578. The second-order valence-electron chi connectivity index (χ2n) is 3.07. The molecule has 0 fully saturated rings. The van der Waals surface area contributed by atoms with Crippen molar-refractivity contribution < 1.29 is 4.42 Å². The molecular weight excluding hydrogens is 178 g/mol. The van der Waals surface area contributed by atoms with Crippen molar-refractivity contribution in [3.05, 3.63) is 46.0 Å². The zero-order chi connectivity index (χ0) is 9.97. The van der Waals surface area contributed by atoms with Crippen molar-refractivity contribution >= 4 is 11.0 Å². The predicted molar refractivity (Wildman–Crippen MR) is 53.8 cm³/mol. The van der Waals surface area contributed by atoms with Crippen LogP contribution in [0.2, 0.25) is 0 Å². The number of hydrogen-bond acceptors (Lipinski definition) is 2. The van der Waals surface area contributed by atoms with E-state index in [4.69, 9.17) is 9.95 Å². The number of nitrogens with zero attached hydrogens (tertiary/aromatic N) is 3. The summed E-state index contributed by atoms with van der Waals surface area (Å²) in [4.78, 5) is 2.74. The first-order chi connectivity index (χ1) is 6.81. The summed E-state index contributed by atoms with van der Waals surface area (Å²) in [6.45, 7) is 2.27. The van der Waals surface area contributed by atoms with Crippen LogP contribution in [0, 0.1) is 6.92 Å². The maximum Gasteiger partial charge on any atom is 0.134 e. The molecule has 2 rings (SSSR count). The highest BCUT2D eigenvalue weighted by molar-refractivity contribution is 5.81. The minimum Gasteiger partial charge on any atom is -0.461 e. The summed E-state index contributed by atoms with van der Waals surface area (Å²) in [5.41, 5.74) is 10.1. The van der Waals surface area contributed by atoms with Crippen LogP contribution in [0.25, 0.3) is 21.4 Å². The summed E-state index contributed by atoms with van der Waals surface area (Å²) in [6, 6.07) is 7.69. The smallest absolute Gasteiger partial charge is 0.134 e. The number of benzene rings is 1. The van der Waals surface area contributed by atoms with Crippen molar-refractivity contribution in [2.24, 2.45) is 5.11 Å². The van der Waals surface area contributed by atoms with Crippen LogP contribution in [0.15, 0.2) is 33.8 Å². The Bertz CT molecular complexity index is 509. The van der Waals surface area contributed by atoms with Crippen molar-refractivity contribution in [1.82, 2.24) is 0 Å². The van der Waals surface area contributed by atoms with E-state index in [0.717, 1.165) is 22.3 Å². The molecule has 0 N–H and O–H groups in total. The number of hydrogen-bond donors (Lipinski definition) is 0. The fraction of sp³-hybridized carbons (Fsp3) is 0.200. The fourth-order valence-corrected chi connectivity index (χ4v) is 1.49. The van der Waals surface area contributed by atoms with E-state index in [1.165, 1.54) is 0 Å². The molecule has 0 aliphatic rings. The van der Waals surface area contributed by atoms with Crippen LogP contribution in [0.4, 0.5) is 0 Å². The van der Waals surface area contributed by atoms with Crippen LogP contribution >= 0.6 is 0 Å². The summed E-state index contributed by atoms with van der Waals surface area (Å²) in [5.74, 6) is 0.869. The lowest BCUT2D eigenvalue weighted by Crippen LogP contribution is -1.79. The zero-order valence-electron chi connectivity index (χ0n) is 7.77. The minimum absolute atomic E-state index is 0.368. The molecule has 2 aromatic rings. The molecule has 1 heterocycles. The van der Waals surface area contributed by atoms with Crippen molar-refractivity contribution in [2.75, 3.05) is 0 Å². The molecular formula is C10H9N3O. The average molecular weight is 187 g/mol. The van der Waals surface area contributed by atoms with Gasteiger partial charge in [-0.2, -0.15) is 0 Å². The van der Waals surface area contributed by atoms with E-state index in [1.807, 2.05) is 31.2 Å². The third-order valence-electron chi connectivity index (χ3n) is 2.08. The molecule has 0 radical (unpaired) electrons. The second kappa shape index (κ2) is 3.44. The van der Waals surface area contributed by atoms with E-state index in [9.17, 15) is 0 Å². The minimum atomic E-state index is 0.368. The molecule has 4 heteroatoms. The number of furan rings is 1. The molecule has 70 valence electrons. The fourth-order valence-electron chi connectivity index (χ4n) is 1.49. The monoisotopic (exact) mass is 187 g/mol. The lowest BCUT2D eigenvalue weighted by Gasteiger charge is -1.95. The van der Waals surface area contributed by atoms with Crippen molar-refractivity contribution in [1.29, 1.82) is 0 Å². The predicted octanol–water partition coefficient (Wildman–Crippen LogP) is 3.55. The van der Waals surface area contributed by atoms with Gasteiger partial charge in [0.2, 0.25) is 0 Å². The van der Waals surface area contributed by atoms with Gasteiger partial charge in [0.15, 0.2) is 0 Å². The molecule has 1 aromatic heterocycles. The number of fused-ring (bicyclic) bond motifs is 1. The zero-order valence-corrected chi connectivity index (χ0v) is 7.77. The Labute approximate surface area is 80.8 Å². The molecule has 0 aliphatic heterocycles. The average Bonchev–Trinajstić information content (AvgIpc) is 2.55. The number of azide groups is 1. The Balaban J connectivity index is 2.57. The summed E-state index contributed by atoms with van der Waals surface area (Å²) in [5, 5.41) is 4.57. The molecule has 0 bridgehead atoms. The van der Waals surface area contributed by atoms with Crippen LogP contribution in [0.5, 0.6) is 0 Å². The van der Waals surface area contributed by atoms with Crippen LogP contribution in [0.3, 0.4) is 0 Å². The Hall–Kier alpha value is -1.93. The molecule has 0 saturated heterocycles. The third kappa shape index (κ3) is 1.43. The van der Waals surface area contributed by atoms with Crippen LogP contribution in [0.1, 0.15) is 11.3 Å². The van der Waals surface area contributed by atoms with Gasteiger partial charge in [-0.15, -0.1) is 0 Å². The highest BCUT2D eigenvalue weighted by Gasteiger charge is 2.03. The molecule has 0 spiro atoms. The van der Waals surface area contributed by atoms with Crippen molar-refractivity contribution in [2.45, 2.75) is 13.5 Å². The maximum atomic E-state index is 8.24. The summed E-state index contributed by atoms with van der Waals surface area (Å²) < 4.78 is 5.45. The highest BCUT2D eigenvalue weighted by atomic mass is 16.3.